The van der Waals surface area contributed by atoms with Gasteiger partial charge in [0.1, 0.15) is 0 Å². The van der Waals surface area contributed by atoms with Crippen molar-refractivity contribution in [2.24, 2.45) is 5.92 Å². The Labute approximate surface area is 133 Å². The predicted molar refractivity (Wildman–Crippen MR) is 84.3 cm³/mol. The zero-order valence-corrected chi connectivity index (χ0v) is 13.5. The van der Waals surface area contributed by atoms with Crippen LogP contribution in [0.15, 0.2) is 18.2 Å². The standard InChI is InChI=1S/C15H18ClNO3S/c1-2-20-15(19)11-4-3-9-17(10-11)14(18)8-6-12-5-7-13(16)21-12/h5-8,11H,2-4,9-10H2,1H3/b8-6+/t11-/m0/s1. The molecule has 114 valence electrons. The molecule has 0 bridgehead atoms. The van der Waals surface area contributed by atoms with Gasteiger partial charge in [-0.3, -0.25) is 9.59 Å². The van der Waals surface area contributed by atoms with E-state index in [4.69, 9.17) is 16.3 Å². The van der Waals surface area contributed by atoms with Crippen molar-refractivity contribution in [3.05, 3.63) is 27.4 Å². The summed E-state index contributed by atoms with van der Waals surface area (Å²) in [6, 6.07) is 3.67. The summed E-state index contributed by atoms with van der Waals surface area (Å²) in [7, 11) is 0. The summed E-state index contributed by atoms with van der Waals surface area (Å²) in [6.07, 6.45) is 4.91. The van der Waals surface area contributed by atoms with Crippen LogP contribution in [0.25, 0.3) is 6.08 Å². The lowest BCUT2D eigenvalue weighted by Crippen LogP contribution is -2.42. The average molecular weight is 328 g/mol. The average Bonchev–Trinajstić information content (AvgIpc) is 2.91. The molecule has 0 spiro atoms. The Morgan fingerprint density at radius 1 is 1.52 bits per heavy atom. The maximum absolute atomic E-state index is 12.2. The van der Waals surface area contributed by atoms with E-state index in [0.717, 1.165) is 17.7 Å². The lowest BCUT2D eigenvalue weighted by atomic mass is 9.98. The second kappa shape index (κ2) is 7.61. The summed E-state index contributed by atoms with van der Waals surface area (Å²) in [5, 5.41) is 0. The lowest BCUT2D eigenvalue weighted by molar-refractivity contribution is -0.150. The Bertz CT molecular complexity index is 541. The molecular weight excluding hydrogens is 310 g/mol. The first-order valence-electron chi connectivity index (χ1n) is 6.99. The molecule has 0 unspecified atom stereocenters. The number of rotatable bonds is 4. The third-order valence-corrected chi connectivity index (χ3v) is 4.53. The highest BCUT2D eigenvalue weighted by Gasteiger charge is 2.28. The summed E-state index contributed by atoms with van der Waals surface area (Å²) in [5.74, 6) is -0.482. The number of amides is 1. The van der Waals surface area contributed by atoms with Crippen LogP contribution in [0.5, 0.6) is 0 Å². The van der Waals surface area contributed by atoms with Crippen molar-refractivity contribution < 1.29 is 14.3 Å². The van der Waals surface area contributed by atoms with E-state index in [2.05, 4.69) is 0 Å². The fraction of sp³-hybridized carbons (Fsp3) is 0.467. The highest BCUT2D eigenvalue weighted by Crippen LogP contribution is 2.23. The monoisotopic (exact) mass is 327 g/mol. The van der Waals surface area contributed by atoms with Crippen molar-refractivity contribution in [3.8, 4) is 0 Å². The first-order chi connectivity index (χ1) is 10.1. The molecule has 21 heavy (non-hydrogen) atoms. The first-order valence-corrected chi connectivity index (χ1v) is 8.18. The number of ether oxygens (including phenoxy) is 1. The molecule has 1 aromatic rings. The van der Waals surface area contributed by atoms with E-state index in [1.54, 1.807) is 24.0 Å². The van der Waals surface area contributed by atoms with Crippen LogP contribution < -0.4 is 0 Å². The van der Waals surface area contributed by atoms with Gasteiger partial charge in [0.15, 0.2) is 0 Å². The van der Waals surface area contributed by atoms with Crippen LogP contribution in [0.4, 0.5) is 0 Å². The molecule has 0 aliphatic carbocycles. The van der Waals surface area contributed by atoms with Gasteiger partial charge in [0.2, 0.25) is 5.91 Å². The summed E-state index contributed by atoms with van der Waals surface area (Å²) in [5.41, 5.74) is 0. The van der Waals surface area contributed by atoms with Gasteiger partial charge in [-0.25, -0.2) is 0 Å². The molecule has 1 amide bonds. The van der Waals surface area contributed by atoms with Crippen LogP contribution in [-0.2, 0) is 14.3 Å². The van der Waals surface area contributed by atoms with Crippen molar-refractivity contribution in [2.75, 3.05) is 19.7 Å². The number of carbonyl (C=O) groups excluding carboxylic acids is 2. The molecule has 4 nitrogen and oxygen atoms in total. The van der Waals surface area contributed by atoms with Crippen molar-refractivity contribution in [1.82, 2.24) is 4.90 Å². The van der Waals surface area contributed by atoms with Gasteiger partial charge in [0.05, 0.1) is 16.9 Å². The molecule has 1 saturated heterocycles. The topological polar surface area (TPSA) is 46.6 Å². The van der Waals surface area contributed by atoms with Gasteiger partial charge in [-0.15, -0.1) is 11.3 Å². The molecular formula is C15H18ClNO3S. The summed E-state index contributed by atoms with van der Waals surface area (Å²) in [6.45, 7) is 3.29. The Hall–Kier alpha value is -1.33. The number of piperidine rings is 1. The third-order valence-electron chi connectivity index (χ3n) is 3.34. The molecule has 1 fully saturated rings. The Kier molecular flexibility index (Phi) is 5.82. The second-order valence-corrected chi connectivity index (χ2v) is 6.60. The minimum Gasteiger partial charge on any atom is -0.466 e. The number of esters is 1. The first kappa shape index (κ1) is 16.0. The lowest BCUT2D eigenvalue weighted by Gasteiger charge is -2.30. The van der Waals surface area contributed by atoms with Crippen LogP contribution in [0.3, 0.4) is 0 Å². The van der Waals surface area contributed by atoms with Gasteiger partial charge in [0, 0.05) is 24.0 Å². The Morgan fingerprint density at radius 2 is 2.33 bits per heavy atom. The Morgan fingerprint density at radius 3 is 3.00 bits per heavy atom. The molecule has 2 heterocycles. The van der Waals surface area contributed by atoms with Crippen molar-refractivity contribution in [2.45, 2.75) is 19.8 Å². The molecule has 0 aromatic carbocycles. The van der Waals surface area contributed by atoms with Crippen molar-refractivity contribution in [1.29, 1.82) is 0 Å². The van der Waals surface area contributed by atoms with Gasteiger partial charge in [-0.1, -0.05) is 11.6 Å². The minimum absolute atomic E-state index is 0.0754. The number of likely N-dealkylation sites (tertiary alicyclic amines) is 1. The quantitative estimate of drug-likeness (QED) is 0.630. The van der Waals surface area contributed by atoms with Gasteiger partial charge in [0.25, 0.3) is 0 Å². The van der Waals surface area contributed by atoms with Crippen LogP contribution in [-0.4, -0.2) is 36.5 Å². The number of thiophene rings is 1. The van der Waals surface area contributed by atoms with Crippen LogP contribution in [0.1, 0.15) is 24.6 Å². The maximum atomic E-state index is 12.2. The van der Waals surface area contributed by atoms with Crippen molar-refractivity contribution in [3.63, 3.8) is 0 Å². The molecule has 2 rings (SSSR count). The van der Waals surface area contributed by atoms with Gasteiger partial charge in [-0.05, 0) is 38.0 Å². The van der Waals surface area contributed by atoms with Gasteiger partial charge < -0.3 is 9.64 Å². The molecule has 1 aromatic heterocycles. The third kappa shape index (κ3) is 4.58. The highest BCUT2D eigenvalue weighted by atomic mass is 35.5. The molecule has 6 heteroatoms. The summed E-state index contributed by atoms with van der Waals surface area (Å²) in [4.78, 5) is 26.6. The van der Waals surface area contributed by atoms with E-state index in [-0.39, 0.29) is 17.8 Å². The smallest absolute Gasteiger partial charge is 0.310 e. The van der Waals surface area contributed by atoms with Gasteiger partial charge >= 0.3 is 5.97 Å². The maximum Gasteiger partial charge on any atom is 0.310 e. The molecule has 0 radical (unpaired) electrons. The van der Waals surface area contributed by atoms with E-state index in [0.29, 0.717) is 24.0 Å². The minimum atomic E-state index is -0.205. The van der Waals surface area contributed by atoms with E-state index in [1.807, 2.05) is 6.07 Å². The Balaban J connectivity index is 1.92. The van der Waals surface area contributed by atoms with E-state index in [1.165, 1.54) is 17.4 Å². The number of carbonyl (C=O) groups is 2. The number of nitrogens with zero attached hydrogens (tertiary/aromatic N) is 1. The highest BCUT2D eigenvalue weighted by molar-refractivity contribution is 7.17. The largest absolute Gasteiger partial charge is 0.466 e. The van der Waals surface area contributed by atoms with Crippen LogP contribution >= 0.6 is 22.9 Å². The number of hydrogen-bond donors (Lipinski definition) is 0. The second-order valence-electron chi connectivity index (χ2n) is 4.85. The molecule has 1 aliphatic heterocycles. The van der Waals surface area contributed by atoms with E-state index >= 15 is 0 Å². The van der Waals surface area contributed by atoms with Crippen LogP contribution in [0.2, 0.25) is 4.34 Å². The molecule has 0 N–H and O–H groups in total. The summed E-state index contributed by atoms with van der Waals surface area (Å²) >= 11 is 7.27. The molecule has 0 saturated carbocycles. The molecule has 1 aliphatic rings. The zero-order chi connectivity index (χ0) is 15.2. The zero-order valence-electron chi connectivity index (χ0n) is 11.9. The van der Waals surface area contributed by atoms with E-state index in [9.17, 15) is 9.59 Å². The SMILES string of the molecule is CCOC(=O)[C@H]1CCCN(C(=O)/C=C/c2ccc(Cl)s2)C1. The summed E-state index contributed by atoms with van der Waals surface area (Å²) < 4.78 is 5.73. The number of hydrogen-bond acceptors (Lipinski definition) is 4. The fourth-order valence-corrected chi connectivity index (χ4v) is 3.27. The normalized spacial score (nSPS) is 19.0. The molecule has 1 atom stereocenters. The van der Waals surface area contributed by atoms with E-state index < -0.39 is 0 Å². The predicted octanol–water partition coefficient (Wildman–Crippen LogP) is 3.22. The van der Waals surface area contributed by atoms with Crippen LogP contribution in [0, 0.1) is 5.92 Å². The van der Waals surface area contributed by atoms with Crippen molar-refractivity contribution >= 4 is 40.9 Å². The number of halogens is 1. The van der Waals surface area contributed by atoms with Gasteiger partial charge in [-0.2, -0.15) is 0 Å². The fourth-order valence-electron chi connectivity index (χ4n) is 2.31.